The molecule has 150 valence electrons. The molecule has 1 atom stereocenters. The Morgan fingerprint density at radius 1 is 1.22 bits per heavy atom. The van der Waals surface area contributed by atoms with E-state index in [-0.39, 0.29) is 24.6 Å². The van der Waals surface area contributed by atoms with Gasteiger partial charge in [0.15, 0.2) is 0 Å². The van der Waals surface area contributed by atoms with Crippen LogP contribution in [0.5, 0.6) is 0 Å². The summed E-state index contributed by atoms with van der Waals surface area (Å²) >= 11 is 0. The van der Waals surface area contributed by atoms with Crippen LogP contribution in [0.1, 0.15) is 0 Å². The number of likely N-dealkylation sites (N-methyl/N-ethyl adjacent to an activating group) is 1. The highest BCUT2D eigenvalue weighted by Crippen LogP contribution is 2.22. The van der Waals surface area contributed by atoms with Crippen LogP contribution in [-0.2, 0) is 24.3 Å². The number of halogens is 1. The van der Waals surface area contributed by atoms with Crippen LogP contribution in [0.25, 0.3) is 0 Å². The van der Waals surface area contributed by atoms with Gasteiger partial charge >= 0.3 is 11.8 Å². The van der Waals surface area contributed by atoms with Crippen molar-refractivity contribution in [1.29, 1.82) is 0 Å². The van der Waals surface area contributed by atoms with Gasteiger partial charge in [0.05, 0.1) is 18.0 Å². The molecule has 2 N–H and O–H groups in total. The molecule has 1 heterocycles. The van der Waals surface area contributed by atoms with E-state index >= 15 is 0 Å². The van der Waals surface area contributed by atoms with Crippen molar-refractivity contribution < 1.29 is 27.1 Å². The van der Waals surface area contributed by atoms with Crippen molar-refractivity contribution in [1.82, 2.24) is 19.8 Å². The third-order valence-corrected chi connectivity index (χ3v) is 5.75. The zero-order valence-corrected chi connectivity index (χ0v) is 16.0. The number of sulfonamides is 1. The Morgan fingerprint density at radius 2 is 1.85 bits per heavy atom. The standard InChI is InChI=1S/C16H23FN4O5S/c1-20(2)8-7-18-15(22)16(23)19-11-14-21(9-10-26-14)27(24,25)13-5-3-12(17)4-6-13/h3-6,14H,7-11H2,1-2H3,(H,18,22)(H,19,23)/t14-/m0/s1. The van der Waals surface area contributed by atoms with E-state index in [1.807, 2.05) is 19.0 Å². The molecule has 0 radical (unpaired) electrons. The lowest BCUT2D eigenvalue weighted by atomic mass is 10.4. The van der Waals surface area contributed by atoms with Gasteiger partial charge < -0.3 is 20.3 Å². The minimum absolute atomic E-state index is 0.0767. The number of ether oxygens (including phenoxy) is 1. The van der Waals surface area contributed by atoms with Gasteiger partial charge in [-0.15, -0.1) is 0 Å². The highest BCUT2D eigenvalue weighted by Gasteiger charge is 2.36. The van der Waals surface area contributed by atoms with Crippen molar-refractivity contribution in [2.24, 2.45) is 0 Å². The topological polar surface area (TPSA) is 108 Å². The molecule has 2 amide bonds. The number of amides is 2. The second kappa shape index (κ2) is 9.22. The lowest BCUT2D eigenvalue weighted by Gasteiger charge is -2.22. The van der Waals surface area contributed by atoms with Gasteiger partial charge in [0.2, 0.25) is 10.0 Å². The van der Waals surface area contributed by atoms with Crippen molar-refractivity contribution in [3.8, 4) is 0 Å². The third-order valence-electron chi connectivity index (χ3n) is 3.85. The van der Waals surface area contributed by atoms with Gasteiger partial charge in [0.25, 0.3) is 0 Å². The predicted octanol–water partition coefficient (Wildman–Crippen LogP) is -1.03. The van der Waals surface area contributed by atoms with E-state index in [1.54, 1.807) is 0 Å². The van der Waals surface area contributed by atoms with Gasteiger partial charge in [-0.3, -0.25) is 9.59 Å². The molecule has 1 aromatic carbocycles. The fraction of sp³-hybridized carbons (Fsp3) is 0.500. The molecule has 9 nitrogen and oxygen atoms in total. The molecule has 2 rings (SSSR count). The summed E-state index contributed by atoms with van der Waals surface area (Å²) < 4.78 is 44.8. The zero-order valence-electron chi connectivity index (χ0n) is 15.1. The van der Waals surface area contributed by atoms with Gasteiger partial charge in [-0.05, 0) is 38.4 Å². The van der Waals surface area contributed by atoms with Gasteiger partial charge in [-0.2, -0.15) is 4.31 Å². The number of carbonyl (C=O) groups excluding carboxylic acids is 2. The number of nitrogens with zero attached hydrogens (tertiary/aromatic N) is 2. The summed E-state index contributed by atoms with van der Waals surface area (Å²) in [5, 5.41) is 4.83. The summed E-state index contributed by atoms with van der Waals surface area (Å²) in [5.74, 6) is -2.22. The average molecular weight is 402 g/mol. The molecule has 0 bridgehead atoms. The maximum Gasteiger partial charge on any atom is 0.309 e. The monoisotopic (exact) mass is 402 g/mol. The van der Waals surface area contributed by atoms with Gasteiger partial charge in [0, 0.05) is 19.6 Å². The first-order valence-electron chi connectivity index (χ1n) is 8.31. The van der Waals surface area contributed by atoms with Crippen molar-refractivity contribution in [3.05, 3.63) is 30.1 Å². The molecule has 1 saturated heterocycles. The summed E-state index contributed by atoms with van der Waals surface area (Å²) in [6.45, 7) is 0.949. The molecule has 11 heteroatoms. The van der Waals surface area contributed by atoms with E-state index in [0.29, 0.717) is 13.1 Å². The summed E-state index contributed by atoms with van der Waals surface area (Å²) in [6, 6.07) is 4.44. The van der Waals surface area contributed by atoms with Crippen LogP contribution >= 0.6 is 0 Å². The van der Waals surface area contributed by atoms with Gasteiger partial charge in [0.1, 0.15) is 12.0 Å². The maximum atomic E-state index is 13.0. The Bertz CT molecular complexity index is 770. The molecule has 1 fully saturated rings. The number of hydrogen-bond donors (Lipinski definition) is 2. The highest BCUT2D eigenvalue weighted by atomic mass is 32.2. The Labute approximate surface area is 157 Å². The Morgan fingerprint density at radius 3 is 2.48 bits per heavy atom. The third kappa shape index (κ3) is 5.70. The SMILES string of the molecule is CN(C)CCNC(=O)C(=O)NC[C@@H]1OCCN1S(=O)(=O)c1ccc(F)cc1. The van der Waals surface area contributed by atoms with E-state index in [4.69, 9.17) is 4.74 Å². The average Bonchev–Trinajstić information content (AvgIpc) is 3.09. The van der Waals surface area contributed by atoms with Crippen LogP contribution < -0.4 is 10.6 Å². The van der Waals surface area contributed by atoms with Crippen molar-refractivity contribution in [3.63, 3.8) is 0 Å². The highest BCUT2D eigenvalue weighted by molar-refractivity contribution is 7.89. The summed E-state index contributed by atoms with van der Waals surface area (Å²) in [7, 11) is -0.246. The van der Waals surface area contributed by atoms with E-state index in [1.165, 1.54) is 0 Å². The summed E-state index contributed by atoms with van der Waals surface area (Å²) in [5.41, 5.74) is 0. The van der Waals surface area contributed by atoms with Crippen LogP contribution in [0.4, 0.5) is 4.39 Å². The van der Waals surface area contributed by atoms with E-state index < -0.39 is 33.9 Å². The first kappa shape index (κ1) is 21.2. The molecule has 1 aliphatic heterocycles. The normalized spacial score (nSPS) is 17.9. The molecule has 0 saturated carbocycles. The van der Waals surface area contributed by atoms with Gasteiger partial charge in [-0.25, -0.2) is 12.8 Å². The second-order valence-electron chi connectivity index (χ2n) is 6.16. The van der Waals surface area contributed by atoms with Gasteiger partial charge in [-0.1, -0.05) is 0 Å². The van der Waals surface area contributed by atoms with E-state index in [0.717, 1.165) is 28.6 Å². The van der Waals surface area contributed by atoms with Crippen molar-refractivity contribution >= 4 is 21.8 Å². The number of carbonyl (C=O) groups is 2. The minimum atomic E-state index is -3.91. The first-order chi connectivity index (χ1) is 12.7. The largest absolute Gasteiger partial charge is 0.359 e. The fourth-order valence-corrected chi connectivity index (χ4v) is 3.93. The molecule has 0 spiro atoms. The first-order valence-corrected chi connectivity index (χ1v) is 9.75. The molecule has 0 aliphatic carbocycles. The smallest absolute Gasteiger partial charge is 0.309 e. The van der Waals surface area contributed by atoms with Crippen molar-refractivity contribution in [2.75, 3.05) is 46.9 Å². The fourth-order valence-electron chi connectivity index (χ4n) is 2.42. The number of rotatable bonds is 7. The molecule has 0 aromatic heterocycles. The Hall–Kier alpha value is -2.08. The number of hydrogen-bond acceptors (Lipinski definition) is 6. The molecule has 1 aliphatic rings. The quantitative estimate of drug-likeness (QED) is 0.565. The van der Waals surface area contributed by atoms with Crippen LogP contribution in [0.15, 0.2) is 29.2 Å². The molecular formula is C16H23FN4O5S. The molecular weight excluding hydrogens is 379 g/mol. The van der Waals surface area contributed by atoms with Crippen LogP contribution in [0, 0.1) is 5.82 Å². The Kier molecular flexibility index (Phi) is 7.25. The van der Waals surface area contributed by atoms with Crippen molar-refractivity contribution in [2.45, 2.75) is 11.1 Å². The number of benzene rings is 1. The lowest BCUT2D eigenvalue weighted by molar-refractivity contribution is -0.139. The van der Waals surface area contributed by atoms with E-state index in [2.05, 4.69) is 10.6 Å². The van der Waals surface area contributed by atoms with Crippen LogP contribution in [0.3, 0.4) is 0 Å². The Balaban J connectivity index is 1.93. The van der Waals surface area contributed by atoms with Crippen LogP contribution in [0.2, 0.25) is 0 Å². The van der Waals surface area contributed by atoms with E-state index in [9.17, 15) is 22.4 Å². The molecule has 27 heavy (non-hydrogen) atoms. The summed E-state index contributed by atoms with van der Waals surface area (Å²) in [6.07, 6.45) is -0.946. The maximum absolute atomic E-state index is 13.0. The second-order valence-corrected chi connectivity index (χ2v) is 8.05. The lowest BCUT2D eigenvalue weighted by Crippen LogP contribution is -2.48. The predicted molar refractivity (Wildman–Crippen MR) is 94.6 cm³/mol. The summed E-state index contributed by atoms with van der Waals surface area (Å²) in [4.78, 5) is 25.3. The molecule has 1 aromatic rings. The number of nitrogens with one attached hydrogen (secondary N) is 2. The zero-order chi connectivity index (χ0) is 20.0. The molecule has 0 unspecified atom stereocenters. The minimum Gasteiger partial charge on any atom is -0.359 e. The van der Waals surface area contributed by atoms with Crippen LogP contribution in [-0.4, -0.2) is 82.5 Å².